The van der Waals surface area contributed by atoms with Crippen LogP contribution in [0.25, 0.3) is 0 Å². The summed E-state index contributed by atoms with van der Waals surface area (Å²) >= 11 is 0. The van der Waals surface area contributed by atoms with E-state index in [1.54, 1.807) is 12.3 Å². The van der Waals surface area contributed by atoms with E-state index in [0.29, 0.717) is 5.82 Å². The molecule has 16 heavy (non-hydrogen) atoms. The molecule has 0 aliphatic carbocycles. The van der Waals surface area contributed by atoms with Gasteiger partial charge in [0.2, 0.25) is 0 Å². The lowest BCUT2D eigenvalue weighted by Gasteiger charge is -2.37. The quantitative estimate of drug-likeness (QED) is 0.727. The van der Waals surface area contributed by atoms with Crippen molar-refractivity contribution >= 4 is 5.82 Å². The Morgan fingerprint density at radius 1 is 1.62 bits per heavy atom. The molecule has 84 valence electrons. The van der Waals surface area contributed by atoms with Crippen molar-refractivity contribution in [2.75, 3.05) is 11.4 Å². The maximum Gasteiger partial charge on any atom is 0.165 e. The summed E-state index contributed by atoms with van der Waals surface area (Å²) in [7, 11) is 0. The summed E-state index contributed by atoms with van der Waals surface area (Å²) in [5.41, 5.74) is 0. The summed E-state index contributed by atoms with van der Waals surface area (Å²) in [5.74, 6) is 0.0260. The van der Waals surface area contributed by atoms with Crippen LogP contribution in [0.4, 0.5) is 10.2 Å². The minimum Gasteiger partial charge on any atom is -0.350 e. The zero-order valence-corrected chi connectivity index (χ0v) is 9.23. The predicted octanol–water partition coefficient (Wildman–Crippen LogP) is 2.35. The first kappa shape index (κ1) is 10.9. The molecule has 3 nitrogen and oxygen atoms in total. The molecule has 0 saturated carbocycles. The molecule has 1 aliphatic rings. The maximum atomic E-state index is 13.6. The summed E-state index contributed by atoms with van der Waals surface area (Å²) in [5, 5.41) is 9.00. The normalized spacial score (nSPS) is 25.2. The Morgan fingerprint density at radius 3 is 3.12 bits per heavy atom. The van der Waals surface area contributed by atoms with Crippen molar-refractivity contribution in [2.45, 2.75) is 25.8 Å². The molecule has 1 saturated heterocycles. The van der Waals surface area contributed by atoms with Crippen molar-refractivity contribution < 1.29 is 4.39 Å². The molecule has 1 aromatic heterocycles. The van der Waals surface area contributed by atoms with E-state index in [0.717, 1.165) is 19.4 Å². The van der Waals surface area contributed by atoms with Crippen LogP contribution in [-0.2, 0) is 0 Å². The molecular weight excluding hydrogens is 205 g/mol. The SMILES string of the molecule is CC1C(C#N)CCCN1c1ncccc1F. The van der Waals surface area contributed by atoms with Crippen LogP contribution < -0.4 is 4.90 Å². The van der Waals surface area contributed by atoms with Gasteiger partial charge in [-0.3, -0.25) is 0 Å². The van der Waals surface area contributed by atoms with Gasteiger partial charge in [-0.25, -0.2) is 9.37 Å². The highest BCUT2D eigenvalue weighted by Gasteiger charge is 2.29. The molecule has 0 bridgehead atoms. The first-order valence-corrected chi connectivity index (χ1v) is 5.51. The molecule has 1 aromatic rings. The lowest BCUT2D eigenvalue weighted by molar-refractivity contribution is 0.398. The van der Waals surface area contributed by atoms with Gasteiger partial charge in [-0.2, -0.15) is 5.26 Å². The van der Waals surface area contributed by atoms with E-state index in [-0.39, 0.29) is 17.8 Å². The van der Waals surface area contributed by atoms with Crippen LogP contribution in [0, 0.1) is 23.1 Å². The minimum absolute atomic E-state index is 0.0307. The van der Waals surface area contributed by atoms with Crippen molar-refractivity contribution in [1.82, 2.24) is 4.98 Å². The summed E-state index contributed by atoms with van der Waals surface area (Å²) in [6.45, 7) is 2.73. The fourth-order valence-electron chi connectivity index (χ4n) is 2.20. The number of rotatable bonds is 1. The van der Waals surface area contributed by atoms with Crippen molar-refractivity contribution in [2.24, 2.45) is 5.92 Å². The first-order valence-electron chi connectivity index (χ1n) is 5.51. The molecule has 2 rings (SSSR count). The summed E-state index contributed by atoms with van der Waals surface area (Å²) in [6.07, 6.45) is 3.39. The van der Waals surface area contributed by atoms with Gasteiger partial charge in [0.25, 0.3) is 0 Å². The molecule has 2 atom stereocenters. The van der Waals surface area contributed by atoms with E-state index in [1.807, 2.05) is 11.8 Å². The first-order chi connectivity index (χ1) is 7.74. The molecule has 0 N–H and O–H groups in total. The Hall–Kier alpha value is -1.63. The second kappa shape index (κ2) is 4.48. The minimum atomic E-state index is -0.312. The molecule has 0 radical (unpaired) electrons. The van der Waals surface area contributed by atoms with Gasteiger partial charge in [0.15, 0.2) is 11.6 Å². The van der Waals surface area contributed by atoms with E-state index in [2.05, 4.69) is 11.1 Å². The van der Waals surface area contributed by atoms with Crippen molar-refractivity contribution in [3.05, 3.63) is 24.1 Å². The molecule has 4 heteroatoms. The van der Waals surface area contributed by atoms with Crippen LogP contribution >= 0.6 is 0 Å². The molecule has 1 aliphatic heterocycles. The number of hydrogen-bond donors (Lipinski definition) is 0. The third kappa shape index (κ3) is 1.85. The van der Waals surface area contributed by atoms with E-state index in [9.17, 15) is 4.39 Å². The fraction of sp³-hybridized carbons (Fsp3) is 0.500. The van der Waals surface area contributed by atoms with E-state index in [1.165, 1.54) is 6.07 Å². The lowest BCUT2D eigenvalue weighted by Crippen LogP contribution is -2.43. The largest absolute Gasteiger partial charge is 0.350 e. The van der Waals surface area contributed by atoms with Gasteiger partial charge in [-0.1, -0.05) is 0 Å². The van der Waals surface area contributed by atoms with Crippen LogP contribution in [-0.4, -0.2) is 17.6 Å². The number of anilines is 1. The molecule has 1 fully saturated rings. The van der Waals surface area contributed by atoms with Gasteiger partial charge in [-0.15, -0.1) is 0 Å². The number of pyridine rings is 1. The molecule has 0 amide bonds. The fourth-order valence-corrected chi connectivity index (χ4v) is 2.20. The Balaban J connectivity index is 2.28. The Bertz CT molecular complexity index is 413. The third-order valence-corrected chi connectivity index (χ3v) is 3.17. The molecule has 0 spiro atoms. The topological polar surface area (TPSA) is 39.9 Å². The number of hydrogen-bond acceptors (Lipinski definition) is 3. The highest BCUT2D eigenvalue weighted by molar-refractivity contribution is 5.42. The maximum absolute atomic E-state index is 13.6. The molecule has 2 unspecified atom stereocenters. The molecule has 0 aromatic carbocycles. The average molecular weight is 219 g/mol. The second-order valence-electron chi connectivity index (χ2n) is 4.12. The smallest absolute Gasteiger partial charge is 0.165 e. The van der Waals surface area contributed by atoms with Crippen molar-refractivity contribution in [3.63, 3.8) is 0 Å². The Kier molecular flexibility index (Phi) is 3.04. The van der Waals surface area contributed by atoms with E-state index >= 15 is 0 Å². The van der Waals surface area contributed by atoms with Crippen LogP contribution in [0.2, 0.25) is 0 Å². The number of nitriles is 1. The third-order valence-electron chi connectivity index (χ3n) is 3.17. The summed E-state index contributed by atoms with van der Waals surface area (Å²) < 4.78 is 13.6. The van der Waals surface area contributed by atoms with Crippen molar-refractivity contribution in [3.8, 4) is 6.07 Å². The number of halogens is 1. The standard InChI is InChI=1S/C12H14FN3/c1-9-10(8-14)4-3-7-16(9)12-11(13)5-2-6-15-12/h2,5-6,9-10H,3-4,7H2,1H3. The highest BCUT2D eigenvalue weighted by atomic mass is 19.1. The van der Waals surface area contributed by atoms with Crippen LogP contribution in [0.3, 0.4) is 0 Å². The van der Waals surface area contributed by atoms with Crippen molar-refractivity contribution in [1.29, 1.82) is 5.26 Å². The second-order valence-corrected chi connectivity index (χ2v) is 4.12. The van der Waals surface area contributed by atoms with Crippen LogP contribution in [0.15, 0.2) is 18.3 Å². The van der Waals surface area contributed by atoms with Crippen LogP contribution in [0.5, 0.6) is 0 Å². The van der Waals surface area contributed by atoms with E-state index in [4.69, 9.17) is 5.26 Å². The number of nitrogens with zero attached hydrogens (tertiary/aromatic N) is 3. The van der Waals surface area contributed by atoms with Gasteiger partial charge >= 0.3 is 0 Å². The highest BCUT2D eigenvalue weighted by Crippen LogP contribution is 2.28. The zero-order chi connectivity index (χ0) is 11.5. The summed E-state index contributed by atoms with van der Waals surface area (Å²) in [6, 6.07) is 5.30. The Morgan fingerprint density at radius 2 is 2.44 bits per heavy atom. The van der Waals surface area contributed by atoms with Gasteiger partial charge in [0.1, 0.15) is 0 Å². The summed E-state index contributed by atoms with van der Waals surface area (Å²) in [4.78, 5) is 5.96. The molecular formula is C12H14FN3. The average Bonchev–Trinajstić information content (AvgIpc) is 2.31. The molecule has 2 heterocycles. The van der Waals surface area contributed by atoms with Crippen LogP contribution in [0.1, 0.15) is 19.8 Å². The van der Waals surface area contributed by atoms with E-state index < -0.39 is 0 Å². The number of aromatic nitrogens is 1. The Labute approximate surface area is 94.5 Å². The monoisotopic (exact) mass is 219 g/mol. The van der Waals surface area contributed by atoms with Gasteiger partial charge in [0, 0.05) is 18.8 Å². The van der Waals surface area contributed by atoms with Gasteiger partial charge in [0.05, 0.1) is 12.0 Å². The lowest BCUT2D eigenvalue weighted by atomic mass is 9.91. The number of piperidine rings is 1. The van der Waals surface area contributed by atoms with Gasteiger partial charge < -0.3 is 4.90 Å². The van der Waals surface area contributed by atoms with Gasteiger partial charge in [-0.05, 0) is 31.9 Å². The zero-order valence-electron chi connectivity index (χ0n) is 9.23. The predicted molar refractivity (Wildman–Crippen MR) is 59.3 cm³/mol.